The second-order valence-electron chi connectivity index (χ2n) is 2.94. The Labute approximate surface area is 88.1 Å². The predicted molar refractivity (Wildman–Crippen MR) is 58.8 cm³/mol. The fraction of sp³-hybridized carbons (Fsp3) is 0.222. The van der Waals surface area contributed by atoms with Crippen molar-refractivity contribution in [3.63, 3.8) is 0 Å². The van der Waals surface area contributed by atoms with Crippen molar-refractivity contribution in [1.82, 2.24) is 4.98 Å². The molecule has 1 heterocycles. The van der Waals surface area contributed by atoms with E-state index in [0.29, 0.717) is 5.01 Å². The molecular weight excluding hydrogens is 218 g/mol. The van der Waals surface area contributed by atoms with Gasteiger partial charge >= 0.3 is 0 Å². The minimum absolute atomic E-state index is 0.410. The molecule has 2 unspecified atom stereocenters. The van der Waals surface area contributed by atoms with Gasteiger partial charge in [0.1, 0.15) is 10.3 Å². The minimum Gasteiger partial charge on any atom is -0.306 e. The Morgan fingerprint density at radius 2 is 2.21 bits per heavy atom. The maximum absolute atomic E-state index is 10.9. The van der Waals surface area contributed by atoms with Crippen molar-refractivity contribution in [3.05, 3.63) is 29.3 Å². The molecule has 14 heavy (non-hydrogen) atoms. The van der Waals surface area contributed by atoms with E-state index < -0.39 is 16.3 Å². The third-order valence-corrected chi connectivity index (χ3v) is 4.16. The number of rotatable bonds is 2. The van der Waals surface area contributed by atoms with Crippen molar-refractivity contribution in [3.8, 4) is 0 Å². The van der Waals surface area contributed by atoms with Crippen LogP contribution in [0.4, 0.5) is 0 Å². The van der Waals surface area contributed by atoms with Gasteiger partial charge in [0.05, 0.1) is 10.2 Å². The molecule has 0 bridgehead atoms. The molecule has 74 valence electrons. The van der Waals surface area contributed by atoms with Crippen LogP contribution in [-0.2, 0) is 11.1 Å². The first-order valence-corrected chi connectivity index (χ1v) is 6.12. The van der Waals surface area contributed by atoms with Crippen LogP contribution in [0.3, 0.4) is 0 Å². The van der Waals surface area contributed by atoms with Crippen LogP contribution in [0, 0.1) is 0 Å². The summed E-state index contributed by atoms with van der Waals surface area (Å²) in [4.78, 5) is 4.30. The van der Waals surface area contributed by atoms with E-state index in [9.17, 15) is 4.21 Å². The topological polar surface area (TPSA) is 50.2 Å². The predicted octanol–water partition coefficient (Wildman–Crippen LogP) is 2.58. The Kier molecular flexibility index (Phi) is 2.62. The molecule has 0 fully saturated rings. The number of hydrogen-bond donors (Lipinski definition) is 1. The number of hydrogen-bond acceptors (Lipinski definition) is 3. The van der Waals surface area contributed by atoms with Crippen molar-refractivity contribution in [2.24, 2.45) is 0 Å². The summed E-state index contributed by atoms with van der Waals surface area (Å²) >= 11 is -0.371. The molecule has 5 heteroatoms. The molecule has 2 aromatic rings. The monoisotopic (exact) mass is 227 g/mol. The molecule has 1 N–H and O–H groups in total. The maximum Gasteiger partial charge on any atom is 0.162 e. The smallest absolute Gasteiger partial charge is 0.162 e. The van der Waals surface area contributed by atoms with Crippen LogP contribution in [0.5, 0.6) is 0 Å². The van der Waals surface area contributed by atoms with Gasteiger partial charge in [0.15, 0.2) is 11.1 Å². The number of nitrogens with zero attached hydrogens (tertiary/aromatic N) is 1. The van der Waals surface area contributed by atoms with Gasteiger partial charge in [-0.3, -0.25) is 0 Å². The first kappa shape index (κ1) is 9.76. The number of para-hydroxylation sites is 1. The van der Waals surface area contributed by atoms with Gasteiger partial charge in [-0.05, 0) is 19.1 Å². The summed E-state index contributed by atoms with van der Waals surface area (Å²) in [5, 5.41) is 0.305. The summed E-state index contributed by atoms with van der Waals surface area (Å²) in [5.41, 5.74) is 0.893. The van der Waals surface area contributed by atoms with E-state index in [4.69, 9.17) is 4.55 Å². The van der Waals surface area contributed by atoms with E-state index in [1.165, 1.54) is 11.3 Å². The van der Waals surface area contributed by atoms with Crippen LogP contribution in [0.25, 0.3) is 10.2 Å². The van der Waals surface area contributed by atoms with Crippen molar-refractivity contribution in [2.45, 2.75) is 12.2 Å². The van der Waals surface area contributed by atoms with Crippen LogP contribution in [0.2, 0.25) is 0 Å². The van der Waals surface area contributed by atoms with Gasteiger partial charge in [0.2, 0.25) is 0 Å². The Hall–Kier alpha value is -0.780. The van der Waals surface area contributed by atoms with E-state index in [1.807, 2.05) is 24.3 Å². The fourth-order valence-electron chi connectivity index (χ4n) is 1.15. The van der Waals surface area contributed by atoms with Crippen molar-refractivity contribution < 1.29 is 8.76 Å². The molecule has 0 radical (unpaired) electrons. The molecule has 0 aliphatic carbocycles. The highest BCUT2D eigenvalue weighted by atomic mass is 32.2. The van der Waals surface area contributed by atoms with Gasteiger partial charge in [-0.15, -0.1) is 11.3 Å². The highest BCUT2D eigenvalue weighted by molar-refractivity contribution is 7.79. The van der Waals surface area contributed by atoms with Gasteiger partial charge in [-0.2, -0.15) is 0 Å². The van der Waals surface area contributed by atoms with Gasteiger partial charge in [0.25, 0.3) is 0 Å². The van der Waals surface area contributed by atoms with Crippen LogP contribution < -0.4 is 0 Å². The van der Waals surface area contributed by atoms with Crippen LogP contribution >= 0.6 is 11.3 Å². The first-order chi connectivity index (χ1) is 6.68. The Balaban J connectivity index is 2.50. The molecular formula is C9H9NO2S2. The van der Waals surface area contributed by atoms with Gasteiger partial charge in [-0.25, -0.2) is 9.19 Å². The number of fused-ring (bicyclic) bond motifs is 1. The molecule has 0 spiro atoms. The molecule has 3 nitrogen and oxygen atoms in total. The third-order valence-electron chi connectivity index (χ3n) is 1.96. The second kappa shape index (κ2) is 3.76. The molecule has 0 aliphatic heterocycles. The van der Waals surface area contributed by atoms with E-state index in [0.717, 1.165) is 10.2 Å². The largest absolute Gasteiger partial charge is 0.306 e. The van der Waals surface area contributed by atoms with E-state index in [-0.39, 0.29) is 0 Å². The van der Waals surface area contributed by atoms with Crippen LogP contribution in [-0.4, -0.2) is 13.7 Å². The number of aromatic nitrogens is 1. The lowest BCUT2D eigenvalue weighted by molar-refractivity contribution is 0.553. The summed E-state index contributed by atoms with van der Waals surface area (Å²) in [6, 6.07) is 7.71. The highest BCUT2D eigenvalue weighted by Crippen LogP contribution is 2.28. The average Bonchev–Trinajstić information content (AvgIpc) is 2.59. The zero-order valence-corrected chi connectivity index (χ0v) is 9.14. The zero-order chi connectivity index (χ0) is 10.1. The lowest BCUT2D eigenvalue weighted by atomic mass is 10.3. The molecule has 2 rings (SSSR count). The van der Waals surface area contributed by atoms with Crippen LogP contribution in [0.15, 0.2) is 24.3 Å². The first-order valence-electron chi connectivity index (χ1n) is 4.13. The van der Waals surface area contributed by atoms with Gasteiger partial charge in [0, 0.05) is 0 Å². The van der Waals surface area contributed by atoms with Crippen molar-refractivity contribution in [2.75, 3.05) is 0 Å². The molecule has 1 aromatic carbocycles. The summed E-state index contributed by atoms with van der Waals surface area (Å²) < 4.78 is 20.8. The normalized spacial score (nSPS) is 15.6. The number of benzene rings is 1. The Morgan fingerprint density at radius 1 is 1.50 bits per heavy atom. The lowest BCUT2D eigenvalue weighted by Crippen LogP contribution is -1.99. The second-order valence-corrected chi connectivity index (χ2v) is 5.26. The molecule has 0 saturated carbocycles. The maximum atomic E-state index is 10.9. The lowest BCUT2D eigenvalue weighted by Gasteiger charge is -1.99. The van der Waals surface area contributed by atoms with E-state index in [1.54, 1.807) is 6.92 Å². The van der Waals surface area contributed by atoms with Crippen molar-refractivity contribution >= 4 is 32.6 Å². The molecule has 0 saturated heterocycles. The van der Waals surface area contributed by atoms with E-state index in [2.05, 4.69) is 4.98 Å². The van der Waals surface area contributed by atoms with E-state index >= 15 is 0 Å². The standard InChI is InChI=1S/C9H9NO2S2/c1-6(14(11)12)9-10-7-4-2-3-5-8(7)13-9/h2-6H,1H3,(H,11,12). The molecule has 2 atom stereocenters. The molecule has 0 aliphatic rings. The fourth-order valence-corrected chi connectivity index (χ4v) is 2.67. The third kappa shape index (κ3) is 1.70. The summed E-state index contributed by atoms with van der Waals surface area (Å²) in [5.74, 6) is 0. The van der Waals surface area contributed by atoms with Crippen molar-refractivity contribution in [1.29, 1.82) is 0 Å². The zero-order valence-electron chi connectivity index (χ0n) is 7.51. The average molecular weight is 227 g/mol. The van der Waals surface area contributed by atoms with Crippen LogP contribution in [0.1, 0.15) is 17.2 Å². The summed E-state index contributed by atoms with van der Waals surface area (Å²) in [6.07, 6.45) is 0. The summed E-state index contributed by atoms with van der Waals surface area (Å²) in [6.45, 7) is 1.70. The quantitative estimate of drug-likeness (QED) is 0.802. The Bertz CT molecular complexity index is 447. The molecule has 1 aromatic heterocycles. The number of thiazole rings is 1. The SMILES string of the molecule is CC(c1nc2ccccc2s1)S(=O)O. The Morgan fingerprint density at radius 3 is 2.86 bits per heavy atom. The molecule has 0 amide bonds. The summed E-state index contributed by atoms with van der Waals surface area (Å²) in [7, 11) is 0. The highest BCUT2D eigenvalue weighted by Gasteiger charge is 2.15. The van der Waals surface area contributed by atoms with Gasteiger partial charge < -0.3 is 4.55 Å². The minimum atomic E-state index is -1.84. The van der Waals surface area contributed by atoms with Gasteiger partial charge in [-0.1, -0.05) is 12.1 Å².